The average molecular weight is 408 g/mol. The van der Waals surface area contributed by atoms with Crippen LogP contribution in [0.3, 0.4) is 0 Å². The summed E-state index contributed by atoms with van der Waals surface area (Å²) in [5.74, 6) is 1.29. The van der Waals surface area contributed by atoms with Crippen molar-refractivity contribution in [3.63, 3.8) is 0 Å². The Morgan fingerprint density at radius 3 is 2.53 bits per heavy atom. The first-order valence-corrected chi connectivity index (χ1v) is 10.6. The van der Waals surface area contributed by atoms with E-state index in [4.69, 9.17) is 4.74 Å². The highest BCUT2D eigenvalue weighted by molar-refractivity contribution is 5.91. The minimum atomic E-state index is -0.116. The number of hydrogen-bond acceptors (Lipinski definition) is 3. The Morgan fingerprint density at radius 2 is 1.80 bits per heavy atom. The second-order valence-corrected chi connectivity index (χ2v) is 8.16. The topological polar surface area (TPSA) is 61.9 Å². The number of para-hydroxylation sites is 2. The number of urea groups is 1. The number of likely N-dealkylation sites (tertiary alicyclic amines) is 2. The van der Waals surface area contributed by atoms with E-state index in [1.54, 1.807) is 6.92 Å². The van der Waals surface area contributed by atoms with Crippen LogP contribution in [0.2, 0.25) is 0 Å². The van der Waals surface area contributed by atoms with Crippen molar-refractivity contribution in [1.82, 2.24) is 9.80 Å². The molecule has 2 aliphatic heterocycles. The third-order valence-electron chi connectivity index (χ3n) is 6.29. The zero-order chi connectivity index (χ0) is 21.3. The van der Waals surface area contributed by atoms with Crippen LogP contribution < -0.4 is 10.1 Å². The zero-order valence-corrected chi connectivity index (χ0v) is 17.8. The summed E-state index contributed by atoms with van der Waals surface area (Å²) >= 11 is 0. The fraction of sp³-hybridized carbons (Fsp3) is 0.417. The average Bonchev–Trinajstić information content (AvgIpc) is 3.28. The SMILES string of the molecule is CCOc1ccccc1NC(=O)N1C[C@@H]2CN(C(C)=O)[C@H](c3ccccc3C)[C@@H]2C1. The maximum Gasteiger partial charge on any atom is 0.321 e. The number of hydrogen-bond donors (Lipinski definition) is 1. The number of amides is 3. The van der Waals surface area contributed by atoms with E-state index in [0.717, 1.165) is 0 Å². The molecule has 3 atom stereocenters. The lowest BCUT2D eigenvalue weighted by molar-refractivity contribution is -0.130. The summed E-state index contributed by atoms with van der Waals surface area (Å²) in [4.78, 5) is 29.2. The minimum absolute atomic E-state index is 0.0159. The number of anilines is 1. The molecule has 2 saturated heterocycles. The van der Waals surface area contributed by atoms with Crippen molar-refractivity contribution in [3.8, 4) is 5.75 Å². The summed E-state index contributed by atoms with van der Waals surface area (Å²) in [6.45, 7) is 8.17. The van der Waals surface area contributed by atoms with Gasteiger partial charge in [0.1, 0.15) is 5.75 Å². The molecule has 2 fully saturated rings. The van der Waals surface area contributed by atoms with Crippen molar-refractivity contribution in [3.05, 3.63) is 59.7 Å². The number of benzene rings is 2. The van der Waals surface area contributed by atoms with E-state index in [1.807, 2.05) is 53.1 Å². The van der Waals surface area contributed by atoms with Crippen LogP contribution >= 0.6 is 0 Å². The van der Waals surface area contributed by atoms with Crippen LogP contribution in [0.4, 0.5) is 10.5 Å². The standard InChI is InChI=1S/C24H29N3O3/c1-4-30-22-12-8-7-11-21(22)25-24(29)26-13-18-14-27(17(3)28)23(20(18)15-26)19-10-6-5-9-16(19)2/h5-12,18,20,23H,4,13-15H2,1-3H3,(H,25,29)/t18-,20-,23-/m1/s1. The number of aryl methyl sites for hydroxylation is 1. The van der Waals surface area contributed by atoms with Crippen molar-refractivity contribution in [1.29, 1.82) is 0 Å². The Hall–Kier alpha value is -3.02. The van der Waals surface area contributed by atoms with Crippen LogP contribution in [0.5, 0.6) is 5.75 Å². The first-order chi connectivity index (χ1) is 14.5. The van der Waals surface area contributed by atoms with Gasteiger partial charge < -0.3 is 19.9 Å². The molecule has 2 aliphatic rings. The molecular weight excluding hydrogens is 378 g/mol. The first-order valence-electron chi connectivity index (χ1n) is 10.6. The molecule has 0 bridgehead atoms. The van der Waals surface area contributed by atoms with Crippen molar-refractivity contribution >= 4 is 17.6 Å². The van der Waals surface area contributed by atoms with Crippen LogP contribution in [0.25, 0.3) is 0 Å². The van der Waals surface area contributed by atoms with E-state index in [-0.39, 0.29) is 29.8 Å². The van der Waals surface area contributed by atoms with Gasteiger partial charge in [0.15, 0.2) is 0 Å². The monoisotopic (exact) mass is 407 g/mol. The summed E-state index contributed by atoms with van der Waals surface area (Å²) < 4.78 is 5.63. The number of nitrogens with one attached hydrogen (secondary N) is 1. The van der Waals surface area contributed by atoms with Gasteiger partial charge in [-0.2, -0.15) is 0 Å². The molecule has 0 aromatic heterocycles. The molecule has 0 saturated carbocycles. The lowest BCUT2D eigenvalue weighted by Crippen LogP contribution is -2.38. The van der Waals surface area contributed by atoms with Gasteiger partial charge in [-0.15, -0.1) is 0 Å². The molecule has 2 heterocycles. The summed E-state index contributed by atoms with van der Waals surface area (Å²) in [5, 5.41) is 3.01. The summed E-state index contributed by atoms with van der Waals surface area (Å²) in [5.41, 5.74) is 3.05. The predicted octanol–water partition coefficient (Wildman–Crippen LogP) is 4.08. The number of fused-ring (bicyclic) bond motifs is 1. The van der Waals surface area contributed by atoms with Gasteiger partial charge in [0.05, 0.1) is 18.3 Å². The second kappa shape index (κ2) is 8.38. The minimum Gasteiger partial charge on any atom is -0.492 e. The van der Waals surface area contributed by atoms with E-state index in [2.05, 4.69) is 24.4 Å². The van der Waals surface area contributed by atoms with Crippen molar-refractivity contribution < 1.29 is 14.3 Å². The number of carbonyl (C=O) groups excluding carboxylic acids is 2. The highest BCUT2D eigenvalue weighted by Gasteiger charge is 2.49. The molecule has 3 amide bonds. The maximum atomic E-state index is 13.0. The molecule has 2 aromatic rings. The number of carbonyl (C=O) groups is 2. The molecule has 2 aromatic carbocycles. The fourth-order valence-electron chi connectivity index (χ4n) is 4.90. The zero-order valence-electron chi connectivity index (χ0n) is 17.8. The van der Waals surface area contributed by atoms with Crippen LogP contribution in [-0.2, 0) is 4.79 Å². The lowest BCUT2D eigenvalue weighted by atomic mass is 9.87. The Balaban J connectivity index is 1.53. The van der Waals surface area contributed by atoms with Crippen LogP contribution in [-0.4, -0.2) is 48.0 Å². The summed E-state index contributed by atoms with van der Waals surface area (Å²) in [7, 11) is 0. The van der Waals surface area contributed by atoms with Gasteiger partial charge in [0.2, 0.25) is 5.91 Å². The molecule has 4 rings (SSSR count). The quantitative estimate of drug-likeness (QED) is 0.831. The highest BCUT2D eigenvalue weighted by atomic mass is 16.5. The fourth-order valence-corrected chi connectivity index (χ4v) is 4.90. The molecule has 0 unspecified atom stereocenters. The smallest absolute Gasteiger partial charge is 0.321 e. The normalized spacial score (nSPS) is 22.7. The molecular formula is C24H29N3O3. The van der Waals surface area contributed by atoms with E-state index in [0.29, 0.717) is 37.7 Å². The second-order valence-electron chi connectivity index (χ2n) is 8.16. The van der Waals surface area contributed by atoms with Gasteiger partial charge in [0.25, 0.3) is 0 Å². The van der Waals surface area contributed by atoms with Gasteiger partial charge in [0, 0.05) is 38.4 Å². The van der Waals surface area contributed by atoms with Crippen LogP contribution in [0.15, 0.2) is 48.5 Å². The maximum absolute atomic E-state index is 13.0. The summed E-state index contributed by atoms with van der Waals surface area (Å²) in [6, 6.07) is 15.6. The summed E-state index contributed by atoms with van der Waals surface area (Å²) in [6.07, 6.45) is 0. The van der Waals surface area contributed by atoms with Gasteiger partial charge in [-0.1, -0.05) is 36.4 Å². The molecule has 6 heteroatoms. The van der Waals surface area contributed by atoms with Crippen molar-refractivity contribution in [2.75, 3.05) is 31.6 Å². The molecule has 158 valence electrons. The predicted molar refractivity (Wildman–Crippen MR) is 116 cm³/mol. The van der Waals surface area contributed by atoms with Crippen molar-refractivity contribution in [2.24, 2.45) is 11.8 Å². The highest BCUT2D eigenvalue weighted by Crippen LogP contribution is 2.45. The molecule has 0 spiro atoms. The molecule has 1 N–H and O–H groups in total. The van der Waals surface area contributed by atoms with E-state index in [9.17, 15) is 9.59 Å². The molecule has 6 nitrogen and oxygen atoms in total. The van der Waals surface area contributed by atoms with Crippen LogP contribution in [0, 0.1) is 18.8 Å². The third-order valence-corrected chi connectivity index (χ3v) is 6.29. The Morgan fingerprint density at radius 1 is 1.07 bits per heavy atom. The van der Waals surface area contributed by atoms with Crippen LogP contribution in [0.1, 0.15) is 31.0 Å². The van der Waals surface area contributed by atoms with E-state index >= 15 is 0 Å². The molecule has 0 radical (unpaired) electrons. The number of nitrogens with zero attached hydrogens (tertiary/aromatic N) is 2. The van der Waals surface area contributed by atoms with Gasteiger partial charge in [-0.25, -0.2) is 4.79 Å². The first kappa shape index (κ1) is 20.3. The van der Waals surface area contributed by atoms with E-state index in [1.165, 1.54) is 11.1 Å². The van der Waals surface area contributed by atoms with Crippen molar-refractivity contribution in [2.45, 2.75) is 26.8 Å². The lowest BCUT2D eigenvalue weighted by Gasteiger charge is -2.30. The Bertz CT molecular complexity index is 945. The molecule has 30 heavy (non-hydrogen) atoms. The third kappa shape index (κ3) is 3.74. The number of rotatable bonds is 4. The van der Waals surface area contributed by atoms with E-state index < -0.39 is 0 Å². The largest absolute Gasteiger partial charge is 0.492 e. The van der Waals surface area contributed by atoms with Gasteiger partial charge >= 0.3 is 6.03 Å². The van der Waals surface area contributed by atoms with Gasteiger partial charge in [-0.05, 0) is 37.1 Å². The number of ether oxygens (including phenoxy) is 1. The molecule has 0 aliphatic carbocycles. The van der Waals surface area contributed by atoms with Gasteiger partial charge in [-0.3, -0.25) is 4.79 Å². The Kier molecular flexibility index (Phi) is 5.66. The Labute approximate surface area is 177 Å².